The van der Waals surface area contributed by atoms with Crippen molar-refractivity contribution in [1.29, 1.82) is 0 Å². The molecule has 5 nitrogen and oxygen atoms in total. The number of halogens is 3. The van der Waals surface area contributed by atoms with Crippen LogP contribution in [0.3, 0.4) is 0 Å². The van der Waals surface area contributed by atoms with Crippen molar-refractivity contribution in [3.8, 4) is 5.75 Å². The summed E-state index contributed by atoms with van der Waals surface area (Å²) in [5.41, 5.74) is 0.978. The predicted molar refractivity (Wildman–Crippen MR) is 132 cm³/mol. The largest absolute Gasteiger partial charge is 0.470 e. The molecular weight excluding hydrogens is 533 g/mol. The van der Waals surface area contributed by atoms with Crippen molar-refractivity contribution in [2.24, 2.45) is 0 Å². The van der Waals surface area contributed by atoms with Gasteiger partial charge >= 0.3 is 0 Å². The number of nitrogens with zero attached hydrogens (tertiary/aromatic N) is 2. The summed E-state index contributed by atoms with van der Waals surface area (Å²) in [6, 6.07) is 22.1. The Kier molecular flexibility index (Phi) is 7.42. The average Bonchev–Trinajstić information content (AvgIpc) is 3.25. The van der Waals surface area contributed by atoms with E-state index in [-0.39, 0.29) is 18.3 Å². The minimum Gasteiger partial charge on any atom is -0.470 e. The number of aromatic nitrogens is 2. The third-order valence-corrected chi connectivity index (χ3v) is 6.42. The molecule has 0 bridgehead atoms. The van der Waals surface area contributed by atoms with Crippen molar-refractivity contribution < 1.29 is 9.53 Å². The van der Waals surface area contributed by atoms with E-state index in [1.54, 1.807) is 24.4 Å². The zero-order valence-electron chi connectivity index (χ0n) is 16.5. The van der Waals surface area contributed by atoms with Gasteiger partial charge < -0.3 is 10.1 Å². The number of carbonyl (C=O) groups excluding carboxylic acids is 1. The van der Waals surface area contributed by atoms with Gasteiger partial charge in [-0.25, -0.2) is 4.68 Å². The van der Waals surface area contributed by atoms with Crippen LogP contribution in [-0.2, 0) is 6.73 Å². The quantitative estimate of drug-likeness (QED) is 0.261. The molecule has 0 radical (unpaired) electrons. The van der Waals surface area contributed by atoms with Gasteiger partial charge in [0, 0.05) is 25.5 Å². The molecule has 0 aliphatic carbocycles. The van der Waals surface area contributed by atoms with Crippen molar-refractivity contribution >= 4 is 62.5 Å². The maximum atomic E-state index is 12.8. The summed E-state index contributed by atoms with van der Waals surface area (Å²) in [4.78, 5) is 14.7. The number of amides is 1. The Morgan fingerprint density at radius 3 is 2.62 bits per heavy atom. The Morgan fingerprint density at radius 2 is 1.84 bits per heavy atom. The van der Waals surface area contributed by atoms with Crippen molar-refractivity contribution in [2.45, 2.75) is 16.5 Å². The van der Waals surface area contributed by atoms with Gasteiger partial charge in [-0.15, -0.1) is 0 Å². The molecule has 3 aromatic carbocycles. The molecule has 4 rings (SSSR count). The van der Waals surface area contributed by atoms with Crippen LogP contribution in [0, 0.1) is 0 Å². The number of anilines is 1. The van der Waals surface area contributed by atoms with Crippen LogP contribution >= 0.6 is 50.9 Å². The summed E-state index contributed by atoms with van der Waals surface area (Å²) in [5.74, 6) is 0.221. The maximum absolute atomic E-state index is 12.8. The molecule has 32 heavy (non-hydrogen) atoms. The Labute approximate surface area is 207 Å². The first-order chi connectivity index (χ1) is 15.5. The Balaban J connectivity index is 1.41. The Hall–Kier alpha value is -2.45. The van der Waals surface area contributed by atoms with Gasteiger partial charge in [0.2, 0.25) is 0 Å². The van der Waals surface area contributed by atoms with E-state index in [4.69, 9.17) is 27.9 Å². The van der Waals surface area contributed by atoms with E-state index in [1.165, 1.54) is 16.4 Å². The van der Waals surface area contributed by atoms with Gasteiger partial charge in [-0.2, -0.15) is 5.10 Å². The second kappa shape index (κ2) is 10.4. The van der Waals surface area contributed by atoms with Gasteiger partial charge in [0.1, 0.15) is 5.75 Å². The SMILES string of the molecule is O=C(Nc1ccccc1Sc1ccc(Cl)cc1)c1ccn(COc2ccc(Br)cc2Cl)n1. The minimum atomic E-state index is -0.311. The molecule has 0 aliphatic rings. The number of benzene rings is 3. The molecule has 1 amide bonds. The molecule has 1 N–H and O–H groups in total. The summed E-state index contributed by atoms with van der Waals surface area (Å²) >= 11 is 17.0. The zero-order chi connectivity index (χ0) is 22.5. The number of nitrogens with one attached hydrogen (secondary N) is 1. The first-order valence-electron chi connectivity index (χ1n) is 9.43. The van der Waals surface area contributed by atoms with Crippen LogP contribution in [0.2, 0.25) is 10.0 Å². The summed E-state index contributed by atoms with van der Waals surface area (Å²) in [5, 5.41) is 8.39. The lowest BCUT2D eigenvalue weighted by Gasteiger charge is -2.10. The minimum absolute atomic E-state index is 0.123. The molecule has 162 valence electrons. The van der Waals surface area contributed by atoms with Crippen LogP contribution in [0.1, 0.15) is 10.5 Å². The number of hydrogen-bond acceptors (Lipinski definition) is 4. The third kappa shape index (κ3) is 5.86. The van der Waals surface area contributed by atoms with Gasteiger partial charge in [0.05, 0.1) is 10.7 Å². The first-order valence-corrected chi connectivity index (χ1v) is 11.8. The van der Waals surface area contributed by atoms with Crippen LogP contribution in [0.25, 0.3) is 0 Å². The maximum Gasteiger partial charge on any atom is 0.276 e. The molecule has 9 heteroatoms. The average molecular weight is 549 g/mol. The van der Waals surface area contributed by atoms with Crippen molar-refractivity contribution in [2.75, 3.05) is 5.32 Å². The number of carbonyl (C=O) groups is 1. The topological polar surface area (TPSA) is 56.2 Å². The molecule has 0 saturated heterocycles. The lowest BCUT2D eigenvalue weighted by molar-refractivity contribution is 0.102. The lowest BCUT2D eigenvalue weighted by atomic mass is 10.3. The fourth-order valence-corrected chi connectivity index (χ4v) is 4.51. The zero-order valence-corrected chi connectivity index (χ0v) is 20.4. The Bertz CT molecular complexity index is 1250. The second-order valence-electron chi connectivity index (χ2n) is 6.59. The first kappa shape index (κ1) is 22.7. The van der Waals surface area contributed by atoms with Crippen LogP contribution in [-0.4, -0.2) is 15.7 Å². The number of para-hydroxylation sites is 1. The van der Waals surface area contributed by atoms with Crippen molar-refractivity contribution in [3.63, 3.8) is 0 Å². The molecule has 1 heterocycles. The third-order valence-electron chi connectivity index (χ3n) is 4.30. The van der Waals surface area contributed by atoms with E-state index in [0.717, 1.165) is 14.3 Å². The predicted octanol–water partition coefficient (Wildman–Crippen LogP) is 7.39. The molecule has 4 aromatic rings. The standard InChI is InChI=1S/C23H16BrCl2N3O2S/c24-15-5-10-21(18(26)13-15)31-14-29-12-11-20(28-29)23(30)27-19-3-1-2-4-22(19)32-17-8-6-16(25)7-9-17/h1-13H,14H2,(H,27,30). The summed E-state index contributed by atoms with van der Waals surface area (Å²) < 4.78 is 8.08. The molecule has 0 aliphatic heterocycles. The highest BCUT2D eigenvalue weighted by molar-refractivity contribution is 9.10. The number of ether oxygens (including phenoxy) is 1. The molecule has 0 fully saturated rings. The van der Waals surface area contributed by atoms with E-state index in [0.29, 0.717) is 21.5 Å². The van der Waals surface area contributed by atoms with Crippen molar-refractivity contribution in [1.82, 2.24) is 9.78 Å². The summed E-state index contributed by atoms with van der Waals surface area (Å²) in [7, 11) is 0. The highest BCUT2D eigenvalue weighted by atomic mass is 79.9. The monoisotopic (exact) mass is 547 g/mol. The summed E-state index contributed by atoms with van der Waals surface area (Å²) in [6.07, 6.45) is 1.68. The molecule has 0 unspecified atom stereocenters. The van der Waals surface area contributed by atoms with E-state index in [2.05, 4.69) is 26.3 Å². The van der Waals surface area contributed by atoms with Crippen LogP contribution < -0.4 is 10.1 Å². The molecule has 1 aromatic heterocycles. The lowest BCUT2D eigenvalue weighted by Crippen LogP contribution is -2.14. The van der Waals surface area contributed by atoms with E-state index < -0.39 is 0 Å². The molecule has 0 atom stereocenters. The smallest absolute Gasteiger partial charge is 0.276 e. The number of hydrogen-bond donors (Lipinski definition) is 1. The number of rotatable bonds is 7. The van der Waals surface area contributed by atoms with E-state index in [9.17, 15) is 4.79 Å². The van der Waals surface area contributed by atoms with Gasteiger partial charge in [-0.3, -0.25) is 4.79 Å². The Morgan fingerprint density at radius 1 is 1.06 bits per heavy atom. The highest BCUT2D eigenvalue weighted by Crippen LogP contribution is 2.34. The fraction of sp³-hybridized carbons (Fsp3) is 0.0435. The molecular formula is C23H16BrCl2N3O2S. The van der Waals surface area contributed by atoms with Crippen LogP contribution in [0.15, 0.2) is 93.3 Å². The van der Waals surface area contributed by atoms with Crippen molar-refractivity contribution in [3.05, 3.63) is 99.2 Å². The highest BCUT2D eigenvalue weighted by Gasteiger charge is 2.13. The van der Waals surface area contributed by atoms with E-state index >= 15 is 0 Å². The van der Waals surface area contributed by atoms with E-state index in [1.807, 2.05) is 54.6 Å². The van der Waals surface area contributed by atoms with Gasteiger partial charge in [-0.05, 0) is 60.7 Å². The molecule has 0 spiro atoms. The van der Waals surface area contributed by atoms with Gasteiger partial charge in [0.15, 0.2) is 12.4 Å². The second-order valence-corrected chi connectivity index (χ2v) is 9.47. The summed E-state index contributed by atoms with van der Waals surface area (Å²) in [6.45, 7) is 0.123. The fourth-order valence-electron chi connectivity index (χ4n) is 2.76. The normalized spacial score (nSPS) is 10.7. The van der Waals surface area contributed by atoms with Gasteiger partial charge in [0.25, 0.3) is 5.91 Å². The van der Waals surface area contributed by atoms with Gasteiger partial charge in [-0.1, -0.05) is 63.0 Å². The van der Waals surface area contributed by atoms with Crippen LogP contribution in [0.5, 0.6) is 5.75 Å². The van der Waals surface area contributed by atoms with Crippen LogP contribution in [0.4, 0.5) is 5.69 Å². The molecule has 0 saturated carbocycles.